The number of hydrogen-bond donors (Lipinski definition) is 0. The number of nitrogens with zero attached hydrogens (tertiary/aromatic N) is 1. The lowest BCUT2D eigenvalue weighted by atomic mass is 10.1. The topological polar surface area (TPSA) is 22.0 Å². The Kier molecular flexibility index (Phi) is 2.34. The van der Waals surface area contributed by atoms with Gasteiger partial charge in [0.2, 0.25) is 0 Å². The quantitative estimate of drug-likeness (QED) is 0.586. The fourth-order valence-electron chi connectivity index (χ4n) is 1.72. The van der Waals surface area contributed by atoms with Gasteiger partial charge in [0.1, 0.15) is 0 Å². The van der Waals surface area contributed by atoms with Crippen molar-refractivity contribution in [2.75, 3.05) is 0 Å². The van der Waals surface area contributed by atoms with Crippen LogP contribution in [0.15, 0.2) is 18.2 Å². The third kappa shape index (κ3) is 1.27. The summed E-state index contributed by atoms with van der Waals surface area (Å²) in [5, 5.41) is 1.05. The number of aromatic nitrogens is 1. The molecule has 0 saturated heterocycles. The van der Waals surface area contributed by atoms with Gasteiger partial charge in [0.25, 0.3) is 0 Å². The predicted molar refractivity (Wildman–Crippen MR) is 65.8 cm³/mol. The van der Waals surface area contributed by atoms with E-state index in [2.05, 4.69) is 39.3 Å². The van der Waals surface area contributed by atoms with Gasteiger partial charge in [-0.3, -0.25) is 4.79 Å². The summed E-state index contributed by atoms with van der Waals surface area (Å²) in [6.45, 7) is 1.97. The third-order valence-electron chi connectivity index (χ3n) is 2.62. The van der Waals surface area contributed by atoms with Crippen LogP contribution >= 0.6 is 22.6 Å². The van der Waals surface area contributed by atoms with Crippen LogP contribution in [-0.2, 0) is 7.05 Å². The SMILES string of the molecule is Cc1c(C=O)c2cc(I)ccc2n1C. The Morgan fingerprint density at radius 1 is 1.43 bits per heavy atom. The second-order valence-corrected chi connectivity index (χ2v) is 4.58. The smallest absolute Gasteiger partial charge is 0.152 e. The van der Waals surface area contributed by atoms with E-state index < -0.39 is 0 Å². The number of halogens is 1. The minimum Gasteiger partial charge on any atom is -0.347 e. The zero-order valence-corrected chi connectivity index (χ0v) is 10.2. The molecular formula is C11H10INO. The normalized spacial score (nSPS) is 10.8. The zero-order chi connectivity index (χ0) is 10.3. The van der Waals surface area contributed by atoms with Crippen LogP contribution in [0, 0.1) is 10.5 Å². The summed E-state index contributed by atoms with van der Waals surface area (Å²) < 4.78 is 3.21. The Balaban J connectivity index is 2.96. The molecule has 0 bridgehead atoms. The van der Waals surface area contributed by atoms with Gasteiger partial charge < -0.3 is 4.57 Å². The van der Waals surface area contributed by atoms with Crippen molar-refractivity contribution >= 4 is 39.8 Å². The number of benzene rings is 1. The molecule has 0 aliphatic carbocycles. The molecule has 0 amide bonds. The highest BCUT2D eigenvalue weighted by molar-refractivity contribution is 14.1. The van der Waals surface area contributed by atoms with Crippen molar-refractivity contribution in [2.24, 2.45) is 7.05 Å². The lowest BCUT2D eigenvalue weighted by Gasteiger charge is -1.97. The van der Waals surface area contributed by atoms with E-state index in [1.54, 1.807) is 0 Å². The summed E-state index contributed by atoms with van der Waals surface area (Å²) in [6.07, 6.45) is 0.938. The van der Waals surface area contributed by atoms with Gasteiger partial charge in [-0.25, -0.2) is 0 Å². The maximum absolute atomic E-state index is 11.0. The number of aryl methyl sites for hydroxylation is 1. The Hall–Kier alpha value is -0.840. The molecule has 3 heteroatoms. The van der Waals surface area contributed by atoms with Crippen LogP contribution < -0.4 is 0 Å². The summed E-state index contributed by atoms with van der Waals surface area (Å²) in [6, 6.07) is 6.15. The Labute approximate surface area is 96.1 Å². The fourth-order valence-corrected chi connectivity index (χ4v) is 2.21. The van der Waals surface area contributed by atoms with Crippen molar-refractivity contribution < 1.29 is 4.79 Å². The van der Waals surface area contributed by atoms with Crippen molar-refractivity contribution in [3.8, 4) is 0 Å². The largest absolute Gasteiger partial charge is 0.347 e. The van der Waals surface area contributed by atoms with Crippen LogP contribution in [0.1, 0.15) is 16.1 Å². The van der Waals surface area contributed by atoms with Crippen LogP contribution in [0.4, 0.5) is 0 Å². The zero-order valence-electron chi connectivity index (χ0n) is 8.04. The highest BCUT2D eigenvalue weighted by atomic mass is 127. The van der Waals surface area contributed by atoms with Crippen molar-refractivity contribution in [3.63, 3.8) is 0 Å². The number of carbonyl (C=O) groups excluding carboxylic acids is 1. The molecule has 72 valence electrons. The molecular weight excluding hydrogens is 289 g/mol. The van der Waals surface area contributed by atoms with E-state index in [1.165, 1.54) is 0 Å². The number of carbonyl (C=O) groups is 1. The van der Waals surface area contributed by atoms with E-state index in [9.17, 15) is 4.79 Å². The summed E-state index contributed by atoms with van der Waals surface area (Å²) in [5.74, 6) is 0. The first-order valence-corrected chi connectivity index (χ1v) is 5.42. The molecule has 2 aromatic rings. The van der Waals surface area contributed by atoms with Gasteiger partial charge in [-0.2, -0.15) is 0 Å². The summed E-state index contributed by atoms with van der Waals surface area (Å²) in [4.78, 5) is 11.0. The number of hydrogen-bond acceptors (Lipinski definition) is 1. The molecule has 1 aromatic heterocycles. The van der Waals surface area contributed by atoms with Gasteiger partial charge >= 0.3 is 0 Å². The van der Waals surface area contributed by atoms with Gasteiger partial charge in [-0.05, 0) is 47.7 Å². The Morgan fingerprint density at radius 3 is 2.79 bits per heavy atom. The van der Waals surface area contributed by atoms with E-state index in [0.717, 1.165) is 32.0 Å². The maximum atomic E-state index is 11.0. The highest BCUT2D eigenvalue weighted by Gasteiger charge is 2.10. The van der Waals surface area contributed by atoms with Crippen molar-refractivity contribution in [3.05, 3.63) is 33.0 Å². The van der Waals surface area contributed by atoms with Gasteiger partial charge in [-0.1, -0.05) is 0 Å². The molecule has 0 saturated carbocycles. The first-order valence-electron chi connectivity index (χ1n) is 4.35. The van der Waals surface area contributed by atoms with E-state index in [1.807, 2.05) is 20.0 Å². The molecule has 2 nitrogen and oxygen atoms in total. The van der Waals surface area contributed by atoms with Crippen LogP contribution in [-0.4, -0.2) is 10.9 Å². The van der Waals surface area contributed by atoms with Crippen LogP contribution in [0.2, 0.25) is 0 Å². The predicted octanol–water partition coefficient (Wildman–Crippen LogP) is 2.90. The second kappa shape index (κ2) is 3.38. The van der Waals surface area contributed by atoms with Crippen LogP contribution in [0.25, 0.3) is 10.9 Å². The minimum atomic E-state index is 0.806. The molecule has 0 fully saturated rings. The average molecular weight is 299 g/mol. The Morgan fingerprint density at radius 2 is 2.14 bits per heavy atom. The minimum absolute atomic E-state index is 0.806. The van der Waals surface area contributed by atoms with Gasteiger partial charge in [0, 0.05) is 32.8 Å². The third-order valence-corrected chi connectivity index (χ3v) is 3.29. The van der Waals surface area contributed by atoms with E-state index in [-0.39, 0.29) is 0 Å². The molecule has 1 heterocycles. The van der Waals surface area contributed by atoms with E-state index in [0.29, 0.717) is 0 Å². The molecule has 14 heavy (non-hydrogen) atoms. The average Bonchev–Trinajstić information content (AvgIpc) is 2.39. The summed E-state index contributed by atoms with van der Waals surface area (Å²) >= 11 is 2.26. The number of rotatable bonds is 1. The van der Waals surface area contributed by atoms with Gasteiger partial charge in [-0.15, -0.1) is 0 Å². The molecule has 0 aliphatic heterocycles. The molecule has 0 aliphatic rings. The summed E-state index contributed by atoms with van der Waals surface area (Å²) in [5.41, 5.74) is 2.95. The molecule has 0 spiro atoms. The van der Waals surface area contributed by atoms with Crippen molar-refractivity contribution in [1.82, 2.24) is 4.57 Å². The first kappa shape index (κ1) is 9.71. The maximum Gasteiger partial charge on any atom is 0.152 e. The molecule has 0 unspecified atom stereocenters. The second-order valence-electron chi connectivity index (χ2n) is 3.34. The van der Waals surface area contributed by atoms with E-state index in [4.69, 9.17) is 0 Å². The fraction of sp³-hybridized carbons (Fsp3) is 0.182. The molecule has 1 aromatic carbocycles. The monoisotopic (exact) mass is 299 g/mol. The molecule has 0 radical (unpaired) electrons. The summed E-state index contributed by atoms with van der Waals surface area (Å²) in [7, 11) is 1.98. The lowest BCUT2D eigenvalue weighted by Crippen LogP contribution is -1.91. The molecule has 0 N–H and O–H groups in total. The van der Waals surface area contributed by atoms with Gasteiger partial charge in [0.05, 0.1) is 0 Å². The molecule has 0 atom stereocenters. The first-order chi connectivity index (χ1) is 6.65. The lowest BCUT2D eigenvalue weighted by molar-refractivity contribution is 0.112. The highest BCUT2D eigenvalue weighted by Crippen LogP contribution is 2.24. The van der Waals surface area contributed by atoms with Gasteiger partial charge in [0.15, 0.2) is 6.29 Å². The standard InChI is InChI=1S/C11H10INO/c1-7-10(6-14)9-5-8(12)3-4-11(9)13(7)2/h3-6H,1-2H3. The Bertz CT molecular complexity index is 513. The van der Waals surface area contributed by atoms with Crippen molar-refractivity contribution in [2.45, 2.75) is 6.92 Å². The number of fused-ring (bicyclic) bond motifs is 1. The number of aldehydes is 1. The molecule has 2 rings (SSSR count). The van der Waals surface area contributed by atoms with E-state index >= 15 is 0 Å². The van der Waals surface area contributed by atoms with Crippen molar-refractivity contribution in [1.29, 1.82) is 0 Å². The van der Waals surface area contributed by atoms with Crippen LogP contribution in [0.5, 0.6) is 0 Å². The van der Waals surface area contributed by atoms with Crippen LogP contribution in [0.3, 0.4) is 0 Å².